The molecule has 2 aliphatic rings. The van der Waals surface area contributed by atoms with Gasteiger partial charge in [0.25, 0.3) is 5.91 Å². The number of nitrogens with zero attached hydrogens (tertiary/aromatic N) is 1. The van der Waals surface area contributed by atoms with Crippen LogP contribution in [-0.4, -0.2) is 42.9 Å². The van der Waals surface area contributed by atoms with Crippen LogP contribution in [0.25, 0.3) is 0 Å². The highest BCUT2D eigenvalue weighted by Crippen LogP contribution is 2.25. The van der Waals surface area contributed by atoms with Gasteiger partial charge >= 0.3 is 0 Å². The summed E-state index contributed by atoms with van der Waals surface area (Å²) in [6, 6.07) is 7.31. The number of hydrogen-bond donors (Lipinski definition) is 2. The number of carbonyl (C=O) groups is 2. The van der Waals surface area contributed by atoms with Gasteiger partial charge in [-0.2, -0.15) is 0 Å². The van der Waals surface area contributed by atoms with Gasteiger partial charge < -0.3 is 15.5 Å². The van der Waals surface area contributed by atoms with Crippen molar-refractivity contribution in [1.29, 1.82) is 0 Å². The van der Waals surface area contributed by atoms with Crippen LogP contribution in [0.15, 0.2) is 24.3 Å². The van der Waals surface area contributed by atoms with Crippen molar-refractivity contribution in [1.82, 2.24) is 10.2 Å². The molecule has 1 aliphatic heterocycles. The number of halogens is 1. The van der Waals surface area contributed by atoms with E-state index in [1.54, 1.807) is 6.07 Å². The third kappa shape index (κ3) is 4.71. The summed E-state index contributed by atoms with van der Waals surface area (Å²) in [5, 5.41) is 6.23. The molecule has 1 saturated heterocycles. The predicted octanol–water partition coefficient (Wildman–Crippen LogP) is 2.67. The number of amides is 2. The van der Waals surface area contributed by atoms with E-state index in [0.29, 0.717) is 5.56 Å². The second kappa shape index (κ2) is 9.04. The minimum absolute atomic E-state index is 0. The molecule has 0 atom stereocenters. The molecule has 1 aliphatic carbocycles. The summed E-state index contributed by atoms with van der Waals surface area (Å²) in [4.78, 5) is 26.7. The lowest BCUT2D eigenvalue weighted by atomic mass is 9.88. The van der Waals surface area contributed by atoms with E-state index in [2.05, 4.69) is 10.6 Å². The van der Waals surface area contributed by atoms with Gasteiger partial charge in [0.2, 0.25) is 5.91 Å². The smallest absolute Gasteiger partial charge is 0.254 e. The minimum atomic E-state index is 0. The lowest BCUT2D eigenvalue weighted by Crippen LogP contribution is -2.46. The summed E-state index contributed by atoms with van der Waals surface area (Å²) in [6.07, 6.45) is 5.47. The first-order chi connectivity index (χ1) is 11.2. The largest absolute Gasteiger partial charge is 0.336 e. The highest BCUT2D eigenvalue weighted by Gasteiger charge is 2.22. The first-order valence-corrected chi connectivity index (χ1v) is 8.65. The zero-order valence-electron chi connectivity index (χ0n) is 13.9. The molecule has 0 radical (unpaired) electrons. The molecular weight excluding hydrogens is 326 g/mol. The predicted molar refractivity (Wildman–Crippen MR) is 97.7 cm³/mol. The first-order valence-electron chi connectivity index (χ1n) is 8.65. The van der Waals surface area contributed by atoms with Crippen LogP contribution in [0.2, 0.25) is 0 Å². The van der Waals surface area contributed by atoms with E-state index < -0.39 is 0 Å². The molecule has 0 spiro atoms. The fourth-order valence-electron chi connectivity index (χ4n) is 3.39. The number of piperazine rings is 1. The number of carbonyl (C=O) groups excluding carboxylic acids is 2. The van der Waals surface area contributed by atoms with E-state index in [9.17, 15) is 9.59 Å². The normalized spacial score (nSPS) is 18.6. The monoisotopic (exact) mass is 351 g/mol. The fourth-order valence-corrected chi connectivity index (χ4v) is 3.39. The van der Waals surface area contributed by atoms with Gasteiger partial charge in [-0.15, -0.1) is 12.4 Å². The molecule has 24 heavy (non-hydrogen) atoms. The van der Waals surface area contributed by atoms with Crippen LogP contribution in [0.1, 0.15) is 42.5 Å². The van der Waals surface area contributed by atoms with E-state index in [4.69, 9.17) is 0 Å². The summed E-state index contributed by atoms with van der Waals surface area (Å²) >= 11 is 0. The number of hydrogen-bond acceptors (Lipinski definition) is 3. The molecule has 2 N–H and O–H groups in total. The second-order valence-electron chi connectivity index (χ2n) is 6.45. The third-order valence-corrected chi connectivity index (χ3v) is 4.76. The van der Waals surface area contributed by atoms with Crippen LogP contribution >= 0.6 is 12.4 Å². The van der Waals surface area contributed by atoms with Gasteiger partial charge in [0.15, 0.2) is 0 Å². The van der Waals surface area contributed by atoms with Crippen LogP contribution in [0.5, 0.6) is 0 Å². The molecule has 0 aromatic heterocycles. The van der Waals surface area contributed by atoms with Crippen LogP contribution in [-0.2, 0) is 4.79 Å². The van der Waals surface area contributed by atoms with Crippen LogP contribution < -0.4 is 10.6 Å². The summed E-state index contributed by atoms with van der Waals surface area (Å²) in [6.45, 7) is 3.14. The van der Waals surface area contributed by atoms with E-state index in [1.807, 2.05) is 23.1 Å². The van der Waals surface area contributed by atoms with E-state index in [-0.39, 0.29) is 30.1 Å². The first kappa shape index (κ1) is 18.7. The zero-order chi connectivity index (χ0) is 16.1. The number of anilines is 1. The van der Waals surface area contributed by atoms with Gasteiger partial charge in [-0.3, -0.25) is 9.59 Å². The summed E-state index contributed by atoms with van der Waals surface area (Å²) in [5.41, 5.74) is 1.37. The average Bonchev–Trinajstić information content (AvgIpc) is 2.63. The minimum Gasteiger partial charge on any atom is -0.336 e. The van der Waals surface area contributed by atoms with Gasteiger partial charge in [-0.05, 0) is 31.0 Å². The molecule has 5 nitrogen and oxygen atoms in total. The summed E-state index contributed by atoms with van der Waals surface area (Å²) in [5.74, 6) is 0.257. The van der Waals surface area contributed by atoms with E-state index in [1.165, 1.54) is 6.42 Å². The Morgan fingerprint density at radius 1 is 1.08 bits per heavy atom. The lowest BCUT2D eigenvalue weighted by Gasteiger charge is -2.27. The van der Waals surface area contributed by atoms with Crippen molar-refractivity contribution in [3.63, 3.8) is 0 Å². The summed E-state index contributed by atoms with van der Waals surface area (Å²) in [7, 11) is 0. The van der Waals surface area contributed by atoms with Gasteiger partial charge in [-0.1, -0.05) is 25.3 Å². The van der Waals surface area contributed by atoms with Crippen molar-refractivity contribution in [3.05, 3.63) is 29.8 Å². The van der Waals surface area contributed by atoms with Crippen molar-refractivity contribution in [3.8, 4) is 0 Å². The average molecular weight is 352 g/mol. The van der Waals surface area contributed by atoms with Crippen molar-refractivity contribution in [2.24, 2.45) is 5.92 Å². The molecule has 0 bridgehead atoms. The Labute approximate surface area is 149 Å². The Balaban J connectivity index is 0.00000208. The molecule has 2 fully saturated rings. The Morgan fingerprint density at radius 3 is 2.50 bits per heavy atom. The maximum atomic E-state index is 12.5. The molecule has 0 unspecified atom stereocenters. The zero-order valence-corrected chi connectivity index (χ0v) is 14.7. The topological polar surface area (TPSA) is 61.4 Å². The highest BCUT2D eigenvalue weighted by molar-refractivity contribution is 5.97. The molecule has 2 amide bonds. The van der Waals surface area contributed by atoms with Crippen LogP contribution in [0.4, 0.5) is 5.69 Å². The van der Waals surface area contributed by atoms with Gasteiger partial charge in [0, 0.05) is 43.3 Å². The Bertz CT molecular complexity index is 567. The molecule has 1 saturated carbocycles. The Kier molecular flexibility index (Phi) is 7.06. The maximum Gasteiger partial charge on any atom is 0.254 e. The van der Waals surface area contributed by atoms with Crippen molar-refractivity contribution in [2.45, 2.75) is 32.1 Å². The molecule has 3 rings (SSSR count). The maximum absolute atomic E-state index is 12.5. The van der Waals surface area contributed by atoms with E-state index >= 15 is 0 Å². The number of benzene rings is 1. The van der Waals surface area contributed by atoms with Gasteiger partial charge in [-0.25, -0.2) is 0 Å². The highest BCUT2D eigenvalue weighted by atomic mass is 35.5. The van der Waals surface area contributed by atoms with Gasteiger partial charge in [0.05, 0.1) is 0 Å². The quantitative estimate of drug-likeness (QED) is 0.880. The molecule has 1 aromatic carbocycles. The Morgan fingerprint density at radius 2 is 1.79 bits per heavy atom. The van der Waals surface area contributed by atoms with Crippen molar-refractivity contribution < 1.29 is 9.59 Å². The number of nitrogens with one attached hydrogen (secondary N) is 2. The third-order valence-electron chi connectivity index (χ3n) is 4.76. The lowest BCUT2D eigenvalue weighted by molar-refractivity contribution is -0.120. The summed E-state index contributed by atoms with van der Waals surface area (Å²) < 4.78 is 0. The molecular formula is C18H26ClN3O2. The second-order valence-corrected chi connectivity index (χ2v) is 6.45. The molecule has 1 aromatic rings. The van der Waals surface area contributed by atoms with E-state index in [0.717, 1.165) is 57.5 Å². The van der Waals surface area contributed by atoms with Crippen LogP contribution in [0, 0.1) is 5.92 Å². The SMILES string of the molecule is Cl.O=C(Nc1cccc(C(=O)N2CCNCC2)c1)C1CCCCC1. The molecule has 6 heteroatoms. The standard InChI is InChI=1S/C18H25N3O2.ClH/c22-17(14-5-2-1-3-6-14)20-16-8-4-7-15(13-16)18(23)21-11-9-19-10-12-21;/h4,7-8,13-14,19H,1-3,5-6,9-12H2,(H,20,22);1H. The fraction of sp³-hybridized carbons (Fsp3) is 0.556. The molecule has 132 valence electrons. The van der Waals surface area contributed by atoms with Gasteiger partial charge in [0.1, 0.15) is 0 Å². The van der Waals surface area contributed by atoms with Crippen molar-refractivity contribution in [2.75, 3.05) is 31.5 Å². The molecule has 1 heterocycles. The number of rotatable bonds is 3. The van der Waals surface area contributed by atoms with Crippen LogP contribution in [0.3, 0.4) is 0 Å². The van der Waals surface area contributed by atoms with Crippen molar-refractivity contribution >= 4 is 29.9 Å². The Hall–Kier alpha value is -1.59.